The molecule has 0 aliphatic heterocycles. The first kappa shape index (κ1) is 6.20. The molecule has 9 heavy (non-hydrogen) atoms. The number of hydrogen-bond acceptors (Lipinski definition) is 4. The number of rotatable bonds is 1. The molecule has 0 aliphatic rings. The third-order valence-electron chi connectivity index (χ3n) is 0.877. The van der Waals surface area contributed by atoms with Crippen molar-refractivity contribution in [2.75, 3.05) is 0 Å². The zero-order chi connectivity index (χ0) is 6.69. The molecular formula is C5H5N3S. The quantitative estimate of drug-likeness (QED) is 0.564. The lowest BCUT2D eigenvalue weighted by Crippen LogP contribution is -2.06. The number of nitrogens with two attached hydrogens (primary N) is 1. The van der Waals surface area contributed by atoms with Gasteiger partial charge in [0.1, 0.15) is 11.7 Å². The van der Waals surface area contributed by atoms with Gasteiger partial charge in [-0.2, -0.15) is 8.75 Å². The van der Waals surface area contributed by atoms with Crippen molar-refractivity contribution < 1.29 is 0 Å². The van der Waals surface area contributed by atoms with E-state index >= 15 is 0 Å². The van der Waals surface area contributed by atoms with Crippen LogP contribution in [0.4, 0.5) is 0 Å². The van der Waals surface area contributed by atoms with E-state index in [9.17, 15) is 0 Å². The minimum absolute atomic E-state index is 0.399. The predicted octanol–water partition coefficient (Wildman–Crippen LogP) is 0.171. The van der Waals surface area contributed by atoms with Crippen LogP contribution in [0.25, 0.3) is 0 Å². The third kappa shape index (κ3) is 1.25. The Morgan fingerprint density at radius 2 is 2.67 bits per heavy atom. The number of nitrogens with zero attached hydrogens (tertiary/aromatic N) is 2. The van der Waals surface area contributed by atoms with Crippen LogP contribution in [0.1, 0.15) is 11.7 Å². The summed E-state index contributed by atoms with van der Waals surface area (Å²) in [6, 6.07) is -0.399. The molecule has 0 radical (unpaired) electrons. The summed E-state index contributed by atoms with van der Waals surface area (Å²) in [4.78, 5) is 0. The average molecular weight is 139 g/mol. The van der Waals surface area contributed by atoms with Gasteiger partial charge in [0.25, 0.3) is 0 Å². The van der Waals surface area contributed by atoms with E-state index in [-0.39, 0.29) is 0 Å². The molecule has 0 spiro atoms. The van der Waals surface area contributed by atoms with Crippen LogP contribution < -0.4 is 5.73 Å². The van der Waals surface area contributed by atoms with Crippen LogP contribution in [-0.4, -0.2) is 8.75 Å². The average Bonchev–Trinajstić information content (AvgIpc) is 2.37. The Bertz CT molecular complexity index is 211. The van der Waals surface area contributed by atoms with Gasteiger partial charge in [-0.15, -0.1) is 6.42 Å². The lowest BCUT2D eigenvalue weighted by Gasteiger charge is -1.93. The summed E-state index contributed by atoms with van der Waals surface area (Å²) in [5, 5.41) is 0. The maximum absolute atomic E-state index is 5.41. The second-order valence-electron chi connectivity index (χ2n) is 1.48. The van der Waals surface area contributed by atoms with E-state index < -0.39 is 6.04 Å². The van der Waals surface area contributed by atoms with E-state index in [0.717, 1.165) is 11.7 Å². The molecule has 1 heterocycles. The summed E-state index contributed by atoms with van der Waals surface area (Å²) in [6.07, 6.45) is 6.60. The van der Waals surface area contributed by atoms with Gasteiger partial charge in [0.15, 0.2) is 0 Å². The second-order valence-corrected chi connectivity index (χ2v) is 2.03. The fourth-order valence-electron chi connectivity index (χ4n) is 0.394. The molecule has 0 aromatic carbocycles. The SMILES string of the molecule is C#CC(N)c1cnsn1. The van der Waals surface area contributed by atoms with Crippen molar-refractivity contribution in [3.8, 4) is 12.3 Å². The van der Waals surface area contributed by atoms with Crippen LogP contribution in [0.5, 0.6) is 0 Å². The molecule has 46 valence electrons. The maximum atomic E-state index is 5.41. The van der Waals surface area contributed by atoms with Crippen LogP contribution in [0.2, 0.25) is 0 Å². The van der Waals surface area contributed by atoms with Crippen molar-refractivity contribution in [3.63, 3.8) is 0 Å². The smallest absolute Gasteiger partial charge is 0.112 e. The van der Waals surface area contributed by atoms with E-state index in [0.29, 0.717) is 5.69 Å². The third-order valence-corrected chi connectivity index (χ3v) is 1.37. The Morgan fingerprint density at radius 1 is 1.89 bits per heavy atom. The summed E-state index contributed by atoms with van der Waals surface area (Å²) in [5.74, 6) is 2.35. The topological polar surface area (TPSA) is 51.8 Å². The lowest BCUT2D eigenvalue weighted by atomic mass is 10.3. The van der Waals surface area contributed by atoms with E-state index in [1.807, 2.05) is 0 Å². The molecule has 0 bridgehead atoms. The number of aromatic nitrogens is 2. The molecule has 0 aliphatic carbocycles. The van der Waals surface area contributed by atoms with Crippen LogP contribution in [0.3, 0.4) is 0 Å². The molecule has 0 amide bonds. The largest absolute Gasteiger partial charge is 0.313 e. The molecule has 3 nitrogen and oxygen atoms in total. The van der Waals surface area contributed by atoms with E-state index in [4.69, 9.17) is 12.2 Å². The minimum atomic E-state index is -0.399. The van der Waals surface area contributed by atoms with Crippen molar-refractivity contribution in [3.05, 3.63) is 11.9 Å². The van der Waals surface area contributed by atoms with Crippen LogP contribution in [-0.2, 0) is 0 Å². The summed E-state index contributed by atoms with van der Waals surface area (Å²) in [7, 11) is 0. The molecule has 0 saturated carbocycles. The molecule has 1 unspecified atom stereocenters. The molecule has 0 fully saturated rings. The Morgan fingerprint density at radius 3 is 3.11 bits per heavy atom. The van der Waals surface area contributed by atoms with Gasteiger partial charge in [-0.25, -0.2) is 0 Å². The molecule has 1 aromatic heterocycles. The fraction of sp³-hybridized carbons (Fsp3) is 0.200. The van der Waals surface area contributed by atoms with Crippen LogP contribution >= 0.6 is 11.7 Å². The first-order valence-corrected chi connectivity index (χ1v) is 3.07. The van der Waals surface area contributed by atoms with Gasteiger partial charge in [0, 0.05) is 0 Å². The van der Waals surface area contributed by atoms with E-state index in [1.165, 1.54) is 0 Å². The highest BCUT2D eigenvalue weighted by molar-refractivity contribution is 6.99. The number of terminal acetylenes is 1. The van der Waals surface area contributed by atoms with Crippen molar-refractivity contribution in [2.24, 2.45) is 5.73 Å². The van der Waals surface area contributed by atoms with Gasteiger partial charge in [-0.1, -0.05) is 5.92 Å². The molecule has 0 saturated heterocycles. The van der Waals surface area contributed by atoms with E-state index in [2.05, 4.69) is 14.7 Å². The second kappa shape index (κ2) is 2.58. The van der Waals surface area contributed by atoms with Gasteiger partial charge in [0.05, 0.1) is 17.9 Å². The van der Waals surface area contributed by atoms with Gasteiger partial charge in [-0.3, -0.25) is 0 Å². The normalized spacial score (nSPS) is 12.4. The van der Waals surface area contributed by atoms with Crippen molar-refractivity contribution in [1.82, 2.24) is 8.75 Å². The Kier molecular flexibility index (Phi) is 1.78. The maximum Gasteiger partial charge on any atom is 0.112 e. The fourth-order valence-corrected chi connectivity index (χ4v) is 0.852. The molecule has 4 heteroatoms. The van der Waals surface area contributed by atoms with E-state index in [1.54, 1.807) is 6.20 Å². The Labute approximate surface area is 57.2 Å². The van der Waals surface area contributed by atoms with Gasteiger partial charge >= 0.3 is 0 Å². The molecule has 1 atom stereocenters. The van der Waals surface area contributed by atoms with Crippen molar-refractivity contribution >= 4 is 11.7 Å². The Hall–Kier alpha value is -0.920. The molecular weight excluding hydrogens is 134 g/mol. The first-order chi connectivity index (χ1) is 4.34. The van der Waals surface area contributed by atoms with Crippen molar-refractivity contribution in [1.29, 1.82) is 0 Å². The highest BCUT2D eigenvalue weighted by Crippen LogP contribution is 2.03. The van der Waals surface area contributed by atoms with Crippen LogP contribution in [0.15, 0.2) is 6.20 Å². The molecule has 1 rings (SSSR count). The first-order valence-electron chi connectivity index (χ1n) is 2.33. The molecule has 2 N–H and O–H groups in total. The highest BCUT2D eigenvalue weighted by atomic mass is 32.1. The predicted molar refractivity (Wildman–Crippen MR) is 35.7 cm³/mol. The van der Waals surface area contributed by atoms with Gasteiger partial charge in [0.2, 0.25) is 0 Å². The van der Waals surface area contributed by atoms with Gasteiger partial charge < -0.3 is 5.73 Å². The monoisotopic (exact) mass is 139 g/mol. The van der Waals surface area contributed by atoms with Gasteiger partial charge in [-0.05, 0) is 0 Å². The standard InChI is InChI=1S/C5H5N3S/c1-2-4(6)5-3-7-9-8-5/h1,3-4H,6H2. The number of hydrogen-bond donors (Lipinski definition) is 1. The van der Waals surface area contributed by atoms with Crippen molar-refractivity contribution in [2.45, 2.75) is 6.04 Å². The Balaban J connectivity index is 2.80. The summed E-state index contributed by atoms with van der Waals surface area (Å²) in [6.45, 7) is 0. The minimum Gasteiger partial charge on any atom is -0.313 e. The summed E-state index contributed by atoms with van der Waals surface area (Å²) in [5.41, 5.74) is 6.08. The lowest BCUT2D eigenvalue weighted by molar-refractivity contribution is 0.911. The van der Waals surface area contributed by atoms with Crippen LogP contribution in [0, 0.1) is 12.3 Å². The molecule has 1 aromatic rings. The zero-order valence-electron chi connectivity index (χ0n) is 4.61. The zero-order valence-corrected chi connectivity index (χ0v) is 5.43. The summed E-state index contributed by atoms with van der Waals surface area (Å²) >= 11 is 1.11. The summed E-state index contributed by atoms with van der Waals surface area (Å²) < 4.78 is 7.60. The highest BCUT2D eigenvalue weighted by Gasteiger charge is 2.02.